The van der Waals surface area contributed by atoms with E-state index in [0.717, 1.165) is 16.5 Å². The van der Waals surface area contributed by atoms with Gasteiger partial charge in [-0.05, 0) is 23.3 Å². The molecule has 28 heavy (non-hydrogen) atoms. The number of ether oxygens (including phenoxy) is 1. The average molecular weight is 380 g/mol. The van der Waals surface area contributed by atoms with E-state index >= 15 is 0 Å². The molecule has 0 aliphatic carbocycles. The van der Waals surface area contributed by atoms with Gasteiger partial charge in [0.15, 0.2) is 6.61 Å². The Labute approximate surface area is 161 Å². The number of nitrogens with zero attached hydrogens (tertiary/aromatic N) is 1. The number of fused-ring (bicyclic) bond motifs is 1. The van der Waals surface area contributed by atoms with Crippen LogP contribution in [0, 0.1) is 0 Å². The highest BCUT2D eigenvalue weighted by molar-refractivity contribution is 5.93. The monoisotopic (exact) mass is 380 g/mol. The first-order chi connectivity index (χ1) is 13.4. The van der Waals surface area contributed by atoms with E-state index in [-0.39, 0.29) is 19.1 Å². The fourth-order valence-corrected chi connectivity index (χ4v) is 2.62. The third kappa shape index (κ3) is 4.56. The van der Waals surface area contributed by atoms with E-state index in [1.165, 1.54) is 11.0 Å². The number of hydrogen-bond acceptors (Lipinski definition) is 5. The van der Waals surface area contributed by atoms with E-state index in [1.807, 2.05) is 30.3 Å². The van der Waals surface area contributed by atoms with Gasteiger partial charge in [0.05, 0.1) is 6.54 Å². The topological polar surface area (TPSA) is 88.9 Å². The summed E-state index contributed by atoms with van der Waals surface area (Å²) in [6.07, 6.45) is 0. The zero-order chi connectivity index (χ0) is 20.1. The Kier molecular flexibility index (Phi) is 5.74. The molecule has 3 aromatic rings. The van der Waals surface area contributed by atoms with E-state index in [9.17, 15) is 14.4 Å². The van der Waals surface area contributed by atoms with E-state index in [0.29, 0.717) is 11.3 Å². The Hall–Kier alpha value is -3.61. The number of carbonyl (C=O) groups excluding carboxylic acids is 2. The summed E-state index contributed by atoms with van der Waals surface area (Å²) in [5.41, 5.74) is 1.56. The molecule has 1 heterocycles. The van der Waals surface area contributed by atoms with Gasteiger partial charge in [-0.15, -0.1) is 0 Å². The SMILES string of the molecule is CN(C)C(=O)CNC(=O)COc1ccc2c(-c3ccccc3)cc(=O)oc2c1. The van der Waals surface area contributed by atoms with Crippen LogP contribution in [0.4, 0.5) is 0 Å². The van der Waals surface area contributed by atoms with Gasteiger partial charge in [0.1, 0.15) is 11.3 Å². The highest BCUT2D eigenvalue weighted by atomic mass is 16.5. The van der Waals surface area contributed by atoms with Gasteiger partial charge in [-0.3, -0.25) is 9.59 Å². The molecule has 0 fully saturated rings. The Morgan fingerprint density at radius 3 is 2.54 bits per heavy atom. The van der Waals surface area contributed by atoms with E-state index in [1.54, 1.807) is 32.3 Å². The number of carbonyl (C=O) groups is 2. The van der Waals surface area contributed by atoms with Crippen molar-refractivity contribution in [2.75, 3.05) is 27.2 Å². The first-order valence-electron chi connectivity index (χ1n) is 8.67. The summed E-state index contributed by atoms with van der Waals surface area (Å²) in [6.45, 7) is -0.350. The van der Waals surface area contributed by atoms with Crippen LogP contribution >= 0.6 is 0 Å². The maximum Gasteiger partial charge on any atom is 0.336 e. The van der Waals surface area contributed by atoms with Gasteiger partial charge in [0.25, 0.3) is 5.91 Å². The minimum atomic E-state index is -0.469. The first kappa shape index (κ1) is 19.2. The molecular weight excluding hydrogens is 360 g/mol. The van der Waals surface area contributed by atoms with E-state index in [4.69, 9.17) is 9.15 Å². The number of rotatable bonds is 6. The van der Waals surface area contributed by atoms with Gasteiger partial charge >= 0.3 is 5.63 Å². The van der Waals surface area contributed by atoms with Gasteiger partial charge in [0.2, 0.25) is 5.91 Å². The lowest BCUT2D eigenvalue weighted by atomic mass is 10.0. The standard InChI is InChI=1S/C21H20N2O5/c1-23(2)20(25)12-22-19(24)13-27-15-8-9-16-17(14-6-4-3-5-7-14)11-21(26)28-18(16)10-15/h3-11H,12-13H2,1-2H3,(H,22,24). The fourth-order valence-electron chi connectivity index (χ4n) is 2.62. The van der Waals surface area contributed by atoms with E-state index < -0.39 is 11.5 Å². The lowest BCUT2D eigenvalue weighted by Crippen LogP contribution is -2.38. The van der Waals surface area contributed by atoms with E-state index in [2.05, 4.69) is 5.32 Å². The van der Waals surface area contributed by atoms with Crippen molar-refractivity contribution in [2.45, 2.75) is 0 Å². The summed E-state index contributed by atoms with van der Waals surface area (Å²) in [5.74, 6) is -0.251. The normalized spacial score (nSPS) is 10.5. The number of amides is 2. The van der Waals surface area contributed by atoms with Crippen molar-refractivity contribution in [3.8, 4) is 16.9 Å². The van der Waals surface area contributed by atoms with Crippen molar-refractivity contribution in [2.24, 2.45) is 0 Å². The Morgan fingerprint density at radius 1 is 1.07 bits per heavy atom. The van der Waals surface area contributed by atoms with Gasteiger partial charge < -0.3 is 19.4 Å². The van der Waals surface area contributed by atoms with Crippen molar-refractivity contribution >= 4 is 22.8 Å². The smallest absolute Gasteiger partial charge is 0.336 e. The predicted octanol–water partition coefficient (Wildman–Crippen LogP) is 2.04. The van der Waals surface area contributed by atoms with Crippen LogP contribution in [0.15, 0.2) is 63.8 Å². The third-order valence-electron chi connectivity index (χ3n) is 4.11. The van der Waals surface area contributed by atoms with Crippen LogP contribution in [-0.2, 0) is 9.59 Å². The van der Waals surface area contributed by atoms with Gasteiger partial charge in [-0.25, -0.2) is 4.79 Å². The third-order valence-corrected chi connectivity index (χ3v) is 4.11. The highest BCUT2D eigenvalue weighted by Gasteiger charge is 2.11. The van der Waals surface area contributed by atoms with Gasteiger partial charge in [0, 0.05) is 31.6 Å². The second kappa shape index (κ2) is 8.39. The Morgan fingerprint density at radius 2 is 1.82 bits per heavy atom. The molecule has 3 rings (SSSR count). The Balaban J connectivity index is 1.75. The summed E-state index contributed by atoms with van der Waals surface area (Å²) in [4.78, 5) is 36.6. The maximum atomic E-state index is 12.0. The first-order valence-corrected chi connectivity index (χ1v) is 8.67. The molecule has 1 N–H and O–H groups in total. The zero-order valence-electron chi connectivity index (χ0n) is 15.6. The number of nitrogens with one attached hydrogen (secondary N) is 1. The summed E-state index contributed by atoms with van der Waals surface area (Å²) in [7, 11) is 3.22. The molecule has 0 aliphatic heterocycles. The van der Waals surface area contributed by atoms with Crippen LogP contribution in [0.2, 0.25) is 0 Å². The molecule has 2 aromatic carbocycles. The molecule has 0 spiro atoms. The van der Waals surface area contributed by atoms with Crippen molar-refractivity contribution in [3.05, 3.63) is 65.0 Å². The fraction of sp³-hybridized carbons (Fsp3) is 0.190. The van der Waals surface area contributed by atoms with Crippen molar-refractivity contribution in [1.29, 1.82) is 0 Å². The highest BCUT2D eigenvalue weighted by Crippen LogP contribution is 2.29. The van der Waals surface area contributed by atoms with Gasteiger partial charge in [-0.2, -0.15) is 0 Å². The zero-order valence-corrected chi connectivity index (χ0v) is 15.6. The summed E-state index contributed by atoms with van der Waals surface area (Å²) >= 11 is 0. The molecule has 0 atom stereocenters. The average Bonchev–Trinajstić information content (AvgIpc) is 2.70. The minimum Gasteiger partial charge on any atom is -0.484 e. The molecule has 7 nitrogen and oxygen atoms in total. The quantitative estimate of drug-likeness (QED) is 0.661. The van der Waals surface area contributed by atoms with Crippen LogP contribution in [0.25, 0.3) is 22.1 Å². The lowest BCUT2D eigenvalue weighted by molar-refractivity contribution is -0.131. The van der Waals surface area contributed by atoms with Crippen LogP contribution in [-0.4, -0.2) is 44.0 Å². The van der Waals surface area contributed by atoms with Gasteiger partial charge in [-0.1, -0.05) is 30.3 Å². The summed E-state index contributed by atoms with van der Waals surface area (Å²) < 4.78 is 10.7. The second-order valence-electron chi connectivity index (χ2n) is 6.36. The number of benzene rings is 2. The minimum absolute atomic E-state index is 0.0950. The van der Waals surface area contributed by atoms with Crippen LogP contribution < -0.4 is 15.7 Å². The molecule has 7 heteroatoms. The largest absolute Gasteiger partial charge is 0.484 e. The molecule has 0 bridgehead atoms. The molecule has 0 unspecified atom stereocenters. The lowest BCUT2D eigenvalue weighted by Gasteiger charge is -2.12. The molecule has 0 saturated heterocycles. The summed E-state index contributed by atoms with van der Waals surface area (Å²) in [6, 6.07) is 16.0. The molecular formula is C21H20N2O5. The number of likely N-dealkylation sites (N-methyl/N-ethyl adjacent to an activating group) is 1. The summed E-state index contributed by atoms with van der Waals surface area (Å²) in [5, 5.41) is 3.25. The molecule has 0 radical (unpaired) electrons. The predicted molar refractivity (Wildman–Crippen MR) is 105 cm³/mol. The molecule has 144 valence electrons. The molecule has 2 amide bonds. The number of hydrogen-bond donors (Lipinski definition) is 1. The Bertz CT molecular complexity index is 1060. The second-order valence-corrected chi connectivity index (χ2v) is 6.36. The van der Waals surface area contributed by atoms with Crippen LogP contribution in [0.1, 0.15) is 0 Å². The van der Waals surface area contributed by atoms with Crippen molar-refractivity contribution in [3.63, 3.8) is 0 Å². The molecule has 1 aromatic heterocycles. The molecule has 0 saturated carbocycles. The van der Waals surface area contributed by atoms with Crippen LogP contribution in [0.5, 0.6) is 5.75 Å². The molecule has 0 aliphatic rings. The van der Waals surface area contributed by atoms with Crippen molar-refractivity contribution < 1.29 is 18.7 Å². The van der Waals surface area contributed by atoms with Crippen LogP contribution in [0.3, 0.4) is 0 Å². The van der Waals surface area contributed by atoms with Crippen molar-refractivity contribution in [1.82, 2.24) is 10.2 Å². The maximum absolute atomic E-state index is 12.0.